The van der Waals surface area contributed by atoms with Crippen molar-refractivity contribution in [2.24, 2.45) is 5.41 Å². The number of amides is 1. The Bertz CT molecular complexity index is 833. The van der Waals surface area contributed by atoms with Gasteiger partial charge in [0, 0.05) is 45.5 Å². The van der Waals surface area contributed by atoms with Crippen LogP contribution in [-0.4, -0.2) is 63.3 Å². The van der Waals surface area contributed by atoms with Gasteiger partial charge in [0.2, 0.25) is 10.0 Å². The third kappa shape index (κ3) is 5.12. The van der Waals surface area contributed by atoms with Gasteiger partial charge in [0.05, 0.1) is 10.5 Å². The van der Waals surface area contributed by atoms with E-state index in [-0.39, 0.29) is 16.2 Å². The summed E-state index contributed by atoms with van der Waals surface area (Å²) in [5, 5.41) is 0. The minimum Gasteiger partial charge on any atom is -0.371 e. The van der Waals surface area contributed by atoms with E-state index in [9.17, 15) is 13.2 Å². The molecule has 2 saturated heterocycles. The van der Waals surface area contributed by atoms with Crippen LogP contribution in [0.2, 0.25) is 0 Å². The molecule has 7 heteroatoms. The van der Waals surface area contributed by atoms with Crippen LogP contribution in [0.25, 0.3) is 0 Å². The van der Waals surface area contributed by atoms with Gasteiger partial charge >= 0.3 is 0 Å². The third-order valence-corrected chi connectivity index (χ3v) is 7.55. The minimum atomic E-state index is -3.58. The number of rotatable bonds is 5. The van der Waals surface area contributed by atoms with Crippen molar-refractivity contribution in [1.82, 2.24) is 9.21 Å². The summed E-state index contributed by atoms with van der Waals surface area (Å²) in [5.41, 5.74) is 1.32. The standard InChI is InChI=1S/C22H35N3O3S/c1-22(2,3)17-23(4)21(26)19-16-18(10-11-20(19)24-12-8-9-13-24)29(27,28)25-14-6-5-7-15-25/h10-11,16H,5-9,12-15,17H2,1-4H3. The van der Waals surface area contributed by atoms with Crippen molar-refractivity contribution in [3.8, 4) is 0 Å². The van der Waals surface area contributed by atoms with E-state index in [2.05, 4.69) is 25.7 Å². The molecule has 0 radical (unpaired) electrons. The molecule has 0 bridgehead atoms. The lowest BCUT2D eigenvalue weighted by Crippen LogP contribution is -2.37. The summed E-state index contributed by atoms with van der Waals surface area (Å²) in [6, 6.07) is 5.12. The highest BCUT2D eigenvalue weighted by atomic mass is 32.2. The number of sulfonamides is 1. The fourth-order valence-corrected chi connectivity index (χ4v) is 5.87. The Morgan fingerprint density at radius 3 is 2.17 bits per heavy atom. The Hall–Kier alpha value is -1.60. The monoisotopic (exact) mass is 421 g/mol. The normalized spacial score (nSPS) is 18.8. The second-order valence-electron chi connectivity index (χ2n) is 9.56. The molecule has 0 atom stereocenters. The van der Waals surface area contributed by atoms with Crippen molar-refractivity contribution in [3.63, 3.8) is 0 Å². The summed E-state index contributed by atoms with van der Waals surface area (Å²) in [4.78, 5) is 17.5. The molecular weight excluding hydrogens is 386 g/mol. The van der Waals surface area contributed by atoms with Crippen LogP contribution in [0.5, 0.6) is 0 Å². The molecule has 1 aromatic rings. The molecule has 0 saturated carbocycles. The SMILES string of the molecule is CN(CC(C)(C)C)C(=O)c1cc(S(=O)(=O)N2CCCCC2)ccc1N1CCCC1. The van der Waals surface area contributed by atoms with Gasteiger partial charge in [0.25, 0.3) is 5.91 Å². The minimum absolute atomic E-state index is 0.0320. The number of piperidine rings is 1. The average Bonchev–Trinajstić information content (AvgIpc) is 3.21. The predicted octanol–water partition coefficient (Wildman–Crippen LogP) is 3.58. The molecule has 2 fully saturated rings. The molecule has 0 unspecified atom stereocenters. The smallest absolute Gasteiger partial charge is 0.255 e. The van der Waals surface area contributed by atoms with Crippen LogP contribution in [0.4, 0.5) is 5.69 Å². The van der Waals surface area contributed by atoms with E-state index in [0.717, 1.165) is 50.9 Å². The van der Waals surface area contributed by atoms with E-state index in [1.807, 2.05) is 6.07 Å². The molecule has 2 aliphatic heterocycles. The summed E-state index contributed by atoms with van der Waals surface area (Å²) in [5.74, 6) is -0.113. The van der Waals surface area contributed by atoms with E-state index in [1.165, 1.54) is 0 Å². The van der Waals surface area contributed by atoms with Crippen LogP contribution >= 0.6 is 0 Å². The Labute approximate surface area is 175 Å². The summed E-state index contributed by atoms with van der Waals surface area (Å²) in [6.45, 7) is 9.81. The number of anilines is 1. The fourth-order valence-electron chi connectivity index (χ4n) is 4.32. The van der Waals surface area contributed by atoms with Gasteiger partial charge in [0.1, 0.15) is 0 Å². The van der Waals surface area contributed by atoms with Crippen LogP contribution in [0.15, 0.2) is 23.1 Å². The number of hydrogen-bond donors (Lipinski definition) is 0. The molecular formula is C22H35N3O3S. The Morgan fingerprint density at radius 1 is 1.00 bits per heavy atom. The Kier molecular flexibility index (Phi) is 6.58. The van der Waals surface area contributed by atoms with Crippen LogP contribution in [-0.2, 0) is 10.0 Å². The van der Waals surface area contributed by atoms with E-state index in [4.69, 9.17) is 0 Å². The number of benzene rings is 1. The number of nitrogens with zero attached hydrogens (tertiary/aromatic N) is 3. The molecule has 6 nitrogen and oxygen atoms in total. The summed E-state index contributed by atoms with van der Waals surface area (Å²) in [6.07, 6.45) is 5.05. The van der Waals surface area contributed by atoms with Gasteiger partial charge < -0.3 is 9.80 Å². The summed E-state index contributed by atoms with van der Waals surface area (Å²) < 4.78 is 27.9. The van der Waals surface area contributed by atoms with Crippen LogP contribution in [0, 0.1) is 5.41 Å². The summed E-state index contributed by atoms with van der Waals surface area (Å²) >= 11 is 0. The number of carbonyl (C=O) groups excluding carboxylic acids is 1. The predicted molar refractivity (Wildman–Crippen MR) is 117 cm³/mol. The van der Waals surface area contributed by atoms with Gasteiger partial charge in [-0.3, -0.25) is 4.79 Å². The van der Waals surface area contributed by atoms with Crippen LogP contribution in [0.3, 0.4) is 0 Å². The molecule has 2 heterocycles. The van der Waals surface area contributed by atoms with Crippen molar-refractivity contribution < 1.29 is 13.2 Å². The fraction of sp³-hybridized carbons (Fsp3) is 0.682. The average molecular weight is 422 g/mol. The first-order valence-corrected chi connectivity index (χ1v) is 12.2. The number of carbonyl (C=O) groups is 1. The third-order valence-electron chi connectivity index (χ3n) is 5.66. The molecule has 3 rings (SSSR count). The van der Waals surface area contributed by atoms with E-state index >= 15 is 0 Å². The largest absolute Gasteiger partial charge is 0.371 e. The highest BCUT2D eigenvalue weighted by molar-refractivity contribution is 7.89. The molecule has 0 aromatic heterocycles. The zero-order valence-electron chi connectivity index (χ0n) is 18.3. The van der Waals surface area contributed by atoms with E-state index in [0.29, 0.717) is 25.2 Å². The maximum Gasteiger partial charge on any atom is 0.255 e. The second kappa shape index (κ2) is 8.64. The van der Waals surface area contributed by atoms with E-state index < -0.39 is 10.0 Å². The second-order valence-corrected chi connectivity index (χ2v) is 11.5. The maximum absolute atomic E-state index is 13.3. The van der Waals surface area contributed by atoms with Crippen LogP contribution in [0.1, 0.15) is 63.2 Å². The highest BCUT2D eigenvalue weighted by Crippen LogP contribution is 2.30. The topological polar surface area (TPSA) is 60.9 Å². The first-order chi connectivity index (χ1) is 13.6. The molecule has 0 N–H and O–H groups in total. The highest BCUT2D eigenvalue weighted by Gasteiger charge is 2.30. The van der Waals surface area contributed by atoms with E-state index in [1.54, 1.807) is 28.4 Å². The van der Waals surface area contributed by atoms with Crippen molar-refractivity contribution in [3.05, 3.63) is 23.8 Å². The van der Waals surface area contributed by atoms with Gasteiger partial charge in [-0.2, -0.15) is 4.31 Å². The first-order valence-electron chi connectivity index (χ1n) is 10.7. The van der Waals surface area contributed by atoms with Gasteiger partial charge in [0.15, 0.2) is 0 Å². The van der Waals surface area contributed by atoms with Gasteiger partial charge in [-0.1, -0.05) is 27.2 Å². The lowest BCUT2D eigenvalue weighted by molar-refractivity contribution is 0.0746. The van der Waals surface area contributed by atoms with Crippen molar-refractivity contribution in [2.75, 3.05) is 44.7 Å². The van der Waals surface area contributed by atoms with Gasteiger partial charge in [-0.25, -0.2) is 8.42 Å². The molecule has 2 aliphatic rings. The molecule has 1 amide bonds. The van der Waals surface area contributed by atoms with Crippen molar-refractivity contribution in [2.45, 2.75) is 57.8 Å². The lowest BCUT2D eigenvalue weighted by Gasteiger charge is -2.30. The molecule has 0 aliphatic carbocycles. The molecule has 1 aromatic carbocycles. The Morgan fingerprint density at radius 2 is 1.59 bits per heavy atom. The molecule has 0 spiro atoms. The number of hydrogen-bond acceptors (Lipinski definition) is 4. The lowest BCUT2D eigenvalue weighted by atomic mass is 9.96. The van der Waals surface area contributed by atoms with Gasteiger partial charge in [-0.05, 0) is 49.3 Å². The Balaban J connectivity index is 1.98. The first kappa shape index (κ1) is 22.1. The van der Waals surface area contributed by atoms with Gasteiger partial charge in [-0.15, -0.1) is 0 Å². The molecule has 162 valence electrons. The van der Waals surface area contributed by atoms with Crippen molar-refractivity contribution >= 4 is 21.6 Å². The van der Waals surface area contributed by atoms with Crippen molar-refractivity contribution in [1.29, 1.82) is 0 Å². The van der Waals surface area contributed by atoms with Crippen LogP contribution < -0.4 is 4.90 Å². The quantitative estimate of drug-likeness (QED) is 0.729. The zero-order valence-corrected chi connectivity index (χ0v) is 19.1. The maximum atomic E-state index is 13.3. The summed E-state index contributed by atoms with van der Waals surface area (Å²) in [7, 11) is -1.78. The zero-order chi connectivity index (χ0) is 21.2. The molecule has 29 heavy (non-hydrogen) atoms.